The predicted molar refractivity (Wildman–Crippen MR) is 117 cm³/mol. The summed E-state index contributed by atoms with van der Waals surface area (Å²) in [6.45, 7) is 7.63. The molecule has 4 rings (SSSR count). The number of aliphatic hydroxyl groups excluding tert-OH is 1. The molecule has 0 aromatic carbocycles. The molecule has 0 amide bonds. The van der Waals surface area contributed by atoms with Gasteiger partial charge in [-0.05, 0) is 98.2 Å². The van der Waals surface area contributed by atoms with E-state index in [9.17, 15) is 5.11 Å². The lowest BCUT2D eigenvalue weighted by atomic mass is 9.47. The van der Waals surface area contributed by atoms with Gasteiger partial charge in [0, 0.05) is 13.5 Å². The number of fused-ring (bicyclic) bond motifs is 5. The fourth-order valence-electron chi connectivity index (χ4n) is 8.31. The first kappa shape index (κ1) is 20.4. The van der Waals surface area contributed by atoms with Crippen LogP contribution in [0.3, 0.4) is 0 Å². The molecule has 4 aliphatic carbocycles. The van der Waals surface area contributed by atoms with Crippen LogP contribution in [-0.4, -0.2) is 24.1 Å². The van der Waals surface area contributed by atoms with E-state index in [0.717, 1.165) is 54.7 Å². The number of allylic oxidation sites excluding steroid dienone is 1. The van der Waals surface area contributed by atoms with Crippen molar-refractivity contribution in [1.82, 2.24) is 0 Å². The Bertz CT molecular complexity index is 655. The highest BCUT2D eigenvalue weighted by Crippen LogP contribution is 2.67. The molecular weight excluding hydrogens is 344 g/mol. The summed E-state index contributed by atoms with van der Waals surface area (Å²) in [6.07, 6.45) is 14.6. The number of aliphatic hydroxyl groups is 1. The van der Waals surface area contributed by atoms with Crippen molar-refractivity contribution in [3.05, 3.63) is 11.6 Å². The lowest BCUT2D eigenvalue weighted by Gasteiger charge is -2.58. The third-order valence-corrected chi connectivity index (χ3v) is 9.98. The Morgan fingerprint density at radius 3 is 2.75 bits per heavy atom. The van der Waals surface area contributed by atoms with Crippen LogP contribution in [0.2, 0.25) is 0 Å². The number of hydrogen-bond donors (Lipinski definition) is 2. The molecule has 3 saturated carbocycles. The number of rotatable bonds is 4. The maximum absolute atomic E-state index is 10.2. The van der Waals surface area contributed by atoms with Crippen molar-refractivity contribution in [2.45, 2.75) is 91.1 Å². The summed E-state index contributed by atoms with van der Waals surface area (Å²) in [5.74, 6) is 4.98. The van der Waals surface area contributed by atoms with Gasteiger partial charge in [0.1, 0.15) is 0 Å². The molecule has 0 aliphatic heterocycles. The van der Waals surface area contributed by atoms with Crippen LogP contribution < -0.4 is 5.73 Å². The Kier molecular flexibility index (Phi) is 5.44. The maximum atomic E-state index is 10.2. The Hall–Kier alpha value is -0.830. The van der Waals surface area contributed by atoms with Crippen LogP contribution in [0.4, 0.5) is 0 Å². The standard InChI is InChI=1S/C25H42N2O/c1-16(5-10-23(26)27-4)20-8-9-21-19-7-6-17-15-18(28)11-13-24(17,2)22(19)12-14-25(20,21)3/h6,16,18-22,28H,5,7-15H2,1-4H3,(H2,26,27)/t16-,18+,19+,20-,21+,22+,24+,25-/m1/s1. The van der Waals surface area contributed by atoms with Crippen molar-refractivity contribution in [1.29, 1.82) is 0 Å². The average molecular weight is 387 g/mol. The fourth-order valence-corrected chi connectivity index (χ4v) is 8.31. The predicted octanol–water partition coefficient (Wildman–Crippen LogP) is 5.33. The first-order chi connectivity index (χ1) is 13.3. The Morgan fingerprint density at radius 2 is 2.00 bits per heavy atom. The maximum Gasteiger partial charge on any atom is 0.0933 e. The Labute approximate surface area is 172 Å². The number of nitrogens with zero attached hydrogens (tertiary/aromatic N) is 1. The number of aliphatic imine (C=N–C) groups is 1. The van der Waals surface area contributed by atoms with Crippen molar-refractivity contribution in [3.63, 3.8) is 0 Å². The lowest BCUT2D eigenvalue weighted by Crippen LogP contribution is -2.50. The highest BCUT2D eigenvalue weighted by Gasteiger charge is 2.59. The van der Waals surface area contributed by atoms with Gasteiger partial charge in [-0.15, -0.1) is 0 Å². The third-order valence-electron chi connectivity index (χ3n) is 9.98. The largest absolute Gasteiger partial charge is 0.393 e. The van der Waals surface area contributed by atoms with Gasteiger partial charge in [-0.1, -0.05) is 32.4 Å². The zero-order valence-electron chi connectivity index (χ0n) is 18.6. The van der Waals surface area contributed by atoms with Crippen LogP contribution >= 0.6 is 0 Å². The number of amidine groups is 1. The van der Waals surface area contributed by atoms with E-state index in [0.29, 0.717) is 10.8 Å². The van der Waals surface area contributed by atoms with Gasteiger partial charge in [0.05, 0.1) is 11.9 Å². The molecule has 0 heterocycles. The first-order valence-electron chi connectivity index (χ1n) is 11.9. The SMILES string of the molecule is CN=C(N)CC[C@@H](C)[C@H]1CC[C@H]2[C@@H]3CC=C4C[C@@H](O)CC[C@]4(C)[C@H]3CC[C@]12C. The van der Waals surface area contributed by atoms with Crippen molar-refractivity contribution in [2.24, 2.45) is 51.1 Å². The lowest BCUT2D eigenvalue weighted by molar-refractivity contribution is -0.0570. The number of hydrogen-bond acceptors (Lipinski definition) is 2. The van der Waals surface area contributed by atoms with Crippen LogP contribution in [-0.2, 0) is 0 Å². The van der Waals surface area contributed by atoms with E-state index < -0.39 is 0 Å². The zero-order valence-corrected chi connectivity index (χ0v) is 18.6. The molecule has 3 nitrogen and oxygen atoms in total. The summed E-state index contributed by atoms with van der Waals surface area (Å²) < 4.78 is 0. The first-order valence-corrected chi connectivity index (χ1v) is 11.9. The monoisotopic (exact) mass is 386 g/mol. The molecule has 0 aromatic heterocycles. The second-order valence-electron chi connectivity index (χ2n) is 11.1. The minimum atomic E-state index is -0.0967. The van der Waals surface area contributed by atoms with Crippen LogP contribution in [0.5, 0.6) is 0 Å². The average Bonchev–Trinajstić information content (AvgIpc) is 3.03. The molecule has 158 valence electrons. The molecule has 0 unspecified atom stereocenters. The van der Waals surface area contributed by atoms with Crippen LogP contribution in [0, 0.1) is 40.4 Å². The molecule has 0 spiro atoms. The van der Waals surface area contributed by atoms with E-state index in [2.05, 4.69) is 31.8 Å². The normalized spacial score (nSPS) is 47.0. The highest BCUT2D eigenvalue weighted by molar-refractivity contribution is 5.80. The summed E-state index contributed by atoms with van der Waals surface area (Å²) in [5.41, 5.74) is 8.44. The Balaban J connectivity index is 1.52. The molecule has 28 heavy (non-hydrogen) atoms. The molecule has 3 N–H and O–H groups in total. The van der Waals surface area contributed by atoms with Crippen LogP contribution in [0.15, 0.2) is 16.6 Å². The molecule has 3 heteroatoms. The van der Waals surface area contributed by atoms with Gasteiger partial charge in [-0.2, -0.15) is 0 Å². The van der Waals surface area contributed by atoms with Crippen LogP contribution in [0.25, 0.3) is 0 Å². The summed E-state index contributed by atoms with van der Waals surface area (Å²) in [6, 6.07) is 0. The van der Waals surface area contributed by atoms with Gasteiger partial charge >= 0.3 is 0 Å². The van der Waals surface area contributed by atoms with Gasteiger partial charge in [0.2, 0.25) is 0 Å². The minimum Gasteiger partial charge on any atom is -0.393 e. The van der Waals surface area contributed by atoms with Crippen molar-refractivity contribution in [3.8, 4) is 0 Å². The van der Waals surface area contributed by atoms with Crippen molar-refractivity contribution >= 4 is 5.84 Å². The van der Waals surface area contributed by atoms with Gasteiger partial charge in [0.15, 0.2) is 0 Å². The van der Waals surface area contributed by atoms with Gasteiger partial charge in [-0.3, -0.25) is 4.99 Å². The molecule has 4 aliphatic rings. The molecule has 8 atom stereocenters. The molecule has 0 bridgehead atoms. The number of nitrogens with two attached hydrogens (primary N) is 1. The van der Waals surface area contributed by atoms with E-state index in [4.69, 9.17) is 5.73 Å². The van der Waals surface area contributed by atoms with Gasteiger partial charge in [-0.25, -0.2) is 0 Å². The minimum absolute atomic E-state index is 0.0967. The summed E-state index contributed by atoms with van der Waals surface area (Å²) in [4.78, 5) is 4.16. The van der Waals surface area contributed by atoms with Gasteiger partial charge < -0.3 is 10.8 Å². The van der Waals surface area contributed by atoms with E-state index >= 15 is 0 Å². The van der Waals surface area contributed by atoms with Gasteiger partial charge in [0.25, 0.3) is 0 Å². The Morgan fingerprint density at radius 1 is 1.21 bits per heavy atom. The van der Waals surface area contributed by atoms with E-state index in [1.54, 1.807) is 5.57 Å². The smallest absolute Gasteiger partial charge is 0.0933 e. The quantitative estimate of drug-likeness (QED) is 0.390. The molecule has 0 aromatic rings. The second-order valence-corrected chi connectivity index (χ2v) is 11.1. The zero-order chi connectivity index (χ0) is 20.1. The summed E-state index contributed by atoms with van der Waals surface area (Å²) in [5, 5.41) is 10.2. The fraction of sp³-hybridized carbons (Fsp3) is 0.880. The van der Waals surface area contributed by atoms with E-state index in [-0.39, 0.29) is 6.10 Å². The molecule has 0 radical (unpaired) electrons. The van der Waals surface area contributed by atoms with E-state index in [1.165, 1.54) is 44.9 Å². The van der Waals surface area contributed by atoms with Crippen LogP contribution in [0.1, 0.15) is 85.0 Å². The van der Waals surface area contributed by atoms with Crippen molar-refractivity contribution < 1.29 is 5.11 Å². The van der Waals surface area contributed by atoms with Crippen molar-refractivity contribution in [2.75, 3.05) is 7.05 Å². The molecular formula is C25H42N2O. The topological polar surface area (TPSA) is 58.6 Å². The third kappa shape index (κ3) is 3.16. The summed E-state index contributed by atoms with van der Waals surface area (Å²) >= 11 is 0. The van der Waals surface area contributed by atoms with E-state index in [1.807, 2.05) is 7.05 Å². The highest BCUT2D eigenvalue weighted by atomic mass is 16.3. The summed E-state index contributed by atoms with van der Waals surface area (Å²) in [7, 11) is 1.81. The molecule has 3 fully saturated rings. The second kappa shape index (κ2) is 7.45. The molecule has 0 saturated heterocycles.